The van der Waals surface area contributed by atoms with Crippen molar-refractivity contribution in [2.75, 3.05) is 13.2 Å². The Bertz CT molecular complexity index is 396. The van der Waals surface area contributed by atoms with E-state index in [1.54, 1.807) is 34.6 Å². The van der Waals surface area contributed by atoms with Gasteiger partial charge >= 0.3 is 11.9 Å². The van der Waals surface area contributed by atoms with Crippen LogP contribution in [-0.2, 0) is 23.9 Å². The van der Waals surface area contributed by atoms with Crippen LogP contribution in [0, 0.1) is 10.8 Å². The molecule has 0 aromatic heterocycles. The molecule has 0 rings (SSSR count). The number of nitrogens with one attached hydrogen (secondary N) is 2. The summed E-state index contributed by atoms with van der Waals surface area (Å²) >= 11 is 0. The lowest BCUT2D eigenvalue weighted by Crippen LogP contribution is -2.35. The fourth-order valence-corrected chi connectivity index (χ4v) is 0.882. The Hall–Kier alpha value is -2.05. The first-order valence-corrected chi connectivity index (χ1v) is 6.29. The molecular weight excluding hydrogens is 264 g/mol. The van der Waals surface area contributed by atoms with Gasteiger partial charge < -0.3 is 14.3 Å². The third kappa shape index (κ3) is 6.77. The van der Waals surface area contributed by atoms with Gasteiger partial charge in [-0.05, 0) is 13.8 Å². The summed E-state index contributed by atoms with van der Waals surface area (Å²) in [5, 5.41) is 7.71. The van der Waals surface area contributed by atoms with Crippen LogP contribution in [0.5, 0.6) is 0 Å². The first-order chi connectivity index (χ1) is 9.22. The maximum Gasteiger partial charge on any atom is 0.377 e. The molecule has 0 aliphatic carbocycles. The first kappa shape index (κ1) is 17.9. The van der Waals surface area contributed by atoms with E-state index in [2.05, 4.69) is 5.48 Å². The molecule has 0 aliphatic rings. The van der Waals surface area contributed by atoms with Crippen LogP contribution in [0.3, 0.4) is 0 Å². The number of carbonyl (C=O) groups is 2. The van der Waals surface area contributed by atoms with E-state index in [9.17, 15) is 9.59 Å². The van der Waals surface area contributed by atoms with Crippen LogP contribution >= 0.6 is 0 Å². The number of hydroxylamine groups is 1. The lowest BCUT2D eigenvalue weighted by molar-refractivity contribution is -0.145. The number of rotatable bonds is 6. The average molecular weight is 286 g/mol. The van der Waals surface area contributed by atoms with Crippen LogP contribution in [-0.4, -0.2) is 31.0 Å². The Labute approximate surface area is 118 Å². The number of esters is 2. The van der Waals surface area contributed by atoms with Gasteiger partial charge in [-0.15, -0.1) is 0 Å². The SMILES string of the molecule is CCOC(=O)/C=C(\ONC(=N)C(C)(C)C)C(=O)OCC. The molecular formula is C13H22N2O5. The van der Waals surface area contributed by atoms with Gasteiger partial charge in [-0.3, -0.25) is 5.41 Å². The molecule has 0 aliphatic heterocycles. The summed E-state index contributed by atoms with van der Waals surface area (Å²) in [6, 6.07) is 0. The molecule has 0 saturated heterocycles. The molecule has 0 unspecified atom stereocenters. The molecule has 0 aromatic rings. The minimum absolute atomic E-state index is 0.0524. The summed E-state index contributed by atoms with van der Waals surface area (Å²) in [6.07, 6.45) is 0.879. The number of carbonyl (C=O) groups excluding carboxylic acids is 2. The van der Waals surface area contributed by atoms with Crippen LogP contribution in [0.4, 0.5) is 0 Å². The van der Waals surface area contributed by atoms with Crippen molar-refractivity contribution in [3.63, 3.8) is 0 Å². The van der Waals surface area contributed by atoms with Gasteiger partial charge in [-0.25, -0.2) is 15.1 Å². The Morgan fingerprint density at radius 1 is 1.15 bits per heavy atom. The maximum atomic E-state index is 11.6. The van der Waals surface area contributed by atoms with E-state index < -0.39 is 17.4 Å². The summed E-state index contributed by atoms with van der Waals surface area (Å²) < 4.78 is 9.44. The molecule has 0 radical (unpaired) electrons. The van der Waals surface area contributed by atoms with E-state index in [4.69, 9.17) is 19.7 Å². The van der Waals surface area contributed by atoms with Gasteiger partial charge in [0.05, 0.1) is 19.3 Å². The van der Waals surface area contributed by atoms with Crippen LogP contribution in [0.2, 0.25) is 0 Å². The fourth-order valence-electron chi connectivity index (χ4n) is 0.882. The van der Waals surface area contributed by atoms with Gasteiger partial charge in [-0.2, -0.15) is 0 Å². The minimum Gasteiger partial charge on any atom is -0.463 e. The zero-order chi connectivity index (χ0) is 15.8. The van der Waals surface area contributed by atoms with Gasteiger partial charge in [0.15, 0.2) is 0 Å². The van der Waals surface area contributed by atoms with E-state index >= 15 is 0 Å². The molecule has 0 aromatic carbocycles. The Morgan fingerprint density at radius 2 is 1.70 bits per heavy atom. The van der Waals surface area contributed by atoms with Gasteiger partial charge in [0.2, 0.25) is 5.76 Å². The zero-order valence-corrected chi connectivity index (χ0v) is 12.5. The molecule has 114 valence electrons. The molecule has 0 saturated carbocycles. The molecule has 0 heterocycles. The molecule has 7 nitrogen and oxygen atoms in total. The Balaban J connectivity index is 4.83. The number of hydrogen-bond acceptors (Lipinski definition) is 6. The summed E-state index contributed by atoms with van der Waals surface area (Å²) in [5.41, 5.74) is 1.83. The Morgan fingerprint density at radius 3 is 2.15 bits per heavy atom. The topological polar surface area (TPSA) is 97.7 Å². The highest BCUT2D eigenvalue weighted by atomic mass is 16.7. The first-order valence-electron chi connectivity index (χ1n) is 6.29. The van der Waals surface area contributed by atoms with Crippen molar-refractivity contribution >= 4 is 17.8 Å². The van der Waals surface area contributed by atoms with Crippen molar-refractivity contribution in [2.24, 2.45) is 5.41 Å². The van der Waals surface area contributed by atoms with Crippen molar-refractivity contribution in [2.45, 2.75) is 34.6 Å². The van der Waals surface area contributed by atoms with E-state index in [-0.39, 0.29) is 24.8 Å². The van der Waals surface area contributed by atoms with Crippen molar-refractivity contribution in [1.29, 1.82) is 5.41 Å². The van der Waals surface area contributed by atoms with Crippen molar-refractivity contribution in [3.8, 4) is 0 Å². The van der Waals surface area contributed by atoms with Crippen molar-refractivity contribution in [3.05, 3.63) is 11.8 Å². The molecule has 0 atom stereocenters. The lowest BCUT2D eigenvalue weighted by Gasteiger charge is -2.21. The highest BCUT2D eigenvalue weighted by Crippen LogP contribution is 2.13. The molecule has 0 spiro atoms. The smallest absolute Gasteiger partial charge is 0.377 e. The van der Waals surface area contributed by atoms with Gasteiger partial charge in [0, 0.05) is 5.41 Å². The Kier molecular flexibility index (Phi) is 7.35. The highest BCUT2D eigenvalue weighted by molar-refractivity contribution is 5.95. The molecule has 7 heteroatoms. The second-order valence-electron chi connectivity index (χ2n) is 4.81. The van der Waals surface area contributed by atoms with E-state index in [0.29, 0.717) is 0 Å². The lowest BCUT2D eigenvalue weighted by atomic mass is 9.96. The maximum absolute atomic E-state index is 11.6. The van der Waals surface area contributed by atoms with Gasteiger partial charge in [-0.1, -0.05) is 20.8 Å². The van der Waals surface area contributed by atoms with Crippen LogP contribution in [0.1, 0.15) is 34.6 Å². The van der Waals surface area contributed by atoms with Crippen LogP contribution in [0.15, 0.2) is 11.8 Å². The third-order valence-electron chi connectivity index (χ3n) is 2.03. The summed E-state index contributed by atoms with van der Waals surface area (Å²) in [5.74, 6) is -1.84. The fraction of sp³-hybridized carbons (Fsp3) is 0.615. The predicted octanol–water partition coefficient (Wildman–Crippen LogP) is 1.54. The predicted molar refractivity (Wildman–Crippen MR) is 72.8 cm³/mol. The van der Waals surface area contributed by atoms with Crippen LogP contribution < -0.4 is 5.48 Å². The minimum atomic E-state index is -0.810. The summed E-state index contributed by atoms with van der Waals surface area (Å²) in [4.78, 5) is 27.9. The second kappa shape index (κ2) is 8.19. The largest absolute Gasteiger partial charge is 0.463 e. The number of ether oxygens (including phenoxy) is 2. The average Bonchev–Trinajstić information content (AvgIpc) is 2.33. The standard InChI is InChI=1S/C13H22N2O5/c1-6-18-10(16)8-9(11(17)19-7-2)20-15-12(14)13(3,4)5/h8H,6-7H2,1-5H3,(H2,14,15)/b9-8-. The molecule has 0 amide bonds. The number of amidine groups is 1. The second-order valence-corrected chi connectivity index (χ2v) is 4.81. The summed E-state index contributed by atoms with van der Waals surface area (Å²) in [7, 11) is 0. The quantitative estimate of drug-likeness (QED) is 0.192. The van der Waals surface area contributed by atoms with Gasteiger partial charge in [0.25, 0.3) is 0 Å². The van der Waals surface area contributed by atoms with Crippen LogP contribution in [0.25, 0.3) is 0 Å². The monoisotopic (exact) mass is 286 g/mol. The van der Waals surface area contributed by atoms with Crippen molar-refractivity contribution in [1.82, 2.24) is 5.48 Å². The summed E-state index contributed by atoms with van der Waals surface area (Å²) in [6.45, 7) is 8.98. The number of hydrogen-bond donors (Lipinski definition) is 2. The highest BCUT2D eigenvalue weighted by Gasteiger charge is 2.21. The molecule has 2 N–H and O–H groups in total. The molecule has 0 bridgehead atoms. The third-order valence-corrected chi connectivity index (χ3v) is 2.03. The van der Waals surface area contributed by atoms with E-state index in [0.717, 1.165) is 6.08 Å². The van der Waals surface area contributed by atoms with E-state index in [1.807, 2.05) is 0 Å². The normalized spacial score (nSPS) is 11.6. The van der Waals surface area contributed by atoms with E-state index in [1.165, 1.54) is 0 Å². The molecule has 20 heavy (non-hydrogen) atoms. The van der Waals surface area contributed by atoms with Crippen molar-refractivity contribution < 1.29 is 23.9 Å². The molecule has 0 fully saturated rings. The van der Waals surface area contributed by atoms with Gasteiger partial charge in [0.1, 0.15) is 5.84 Å². The zero-order valence-electron chi connectivity index (χ0n) is 12.5.